The lowest BCUT2D eigenvalue weighted by atomic mass is 9.96. The van der Waals surface area contributed by atoms with Crippen LogP contribution in [0.1, 0.15) is 36.3 Å². The number of nitrogens with zero attached hydrogens (tertiary/aromatic N) is 2. The molecule has 0 aromatic carbocycles. The van der Waals surface area contributed by atoms with Crippen LogP contribution in [0.3, 0.4) is 0 Å². The minimum absolute atomic E-state index is 0.0584. The quantitative estimate of drug-likeness (QED) is 0.733. The van der Waals surface area contributed by atoms with Crippen LogP contribution in [0.2, 0.25) is 0 Å². The fraction of sp³-hybridized carbons (Fsp3) is 0.600. The Labute approximate surface area is 84.1 Å². The van der Waals surface area contributed by atoms with Crippen LogP contribution in [-0.2, 0) is 7.05 Å². The summed E-state index contributed by atoms with van der Waals surface area (Å²) in [7, 11) is 1.80. The van der Waals surface area contributed by atoms with Crippen LogP contribution in [-0.4, -0.2) is 21.1 Å². The van der Waals surface area contributed by atoms with Gasteiger partial charge >= 0.3 is 0 Å². The predicted molar refractivity (Wildman–Crippen MR) is 55.2 cm³/mol. The summed E-state index contributed by atoms with van der Waals surface area (Å²) in [5.74, 6) is 0.0584. The smallest absolute Gasteiger partial charge is 0.168 e. The fourth-order valence-electron chi connectivity index (χ4n) is 1.38. The van der Waals surface area contributed by atoms with Crippen LogP contribution >= 0.6 is 0 Å². The molecule has 0 unspecified atom stereocenters. The van der Waals surface area contributed by atoms with Gasteiger partial charge in [0, 0.05) is 25.2 Å². The Balaban J connectivity index is 2.85. The van der Waals surface area contributed by atoms with E-state index in [0.29, 0.717) is 12.0 Å². The molecule has 0 radical (unpaired) electrons. The molecule has 0 amide bonds. The van der Waals surface area contributed by atoms with Gasteiger partial charge in [-0.1, -0.05) is 0 Å². The first-order valence-electron chi connectivity index (χ1n) is 4.62. The monoisotopic (exact) mass is 195 g/mol. The Bertz CT molecular complexity index is 347. The standard InChI is InChI=1S/C10H17N3O/c1-7-8(6-13(4)12-7)9(14)5-10(2,3)11/h6H,5,11H2,1-4H3. The highest BCUT2D eigenvalue weighted by atomic mass is 16.1. The first-order valence-corrected chi connectivity index (χ1v) is 4.62. The van der Waals surface area contributed by atoms with Crippen molar-refractivity contribution in [2.45, 2.75) is 32.7 Å². The molecule has 0 fully saturated rings. The van der Waals surface area contributed by atoms with Crippen molar-refractivity contribution in [2.75, 3.05) is 0 Å². The zero-order valence-electron chi connectivity index (χ0n) is 9.16. The van der Waals surface area contributed by atoms with Gasteiger partial charge in [-0.25, -0.2) is 0 Å². The van der Waals surface area contributed by atoms with E-state index in [4.69, 9.17) is 5.73 Å². The van der Waals surface area contributed by atoms with E-state index in [2.05, 4.69) is 5.10 Å². The Morgan fingerprint density at radius 1 is 1.64 bits per heavy atom. The zero-order valence-corrected chi connectivity index (χ0v) is 9.16. The molecule has 2 N–H and O–H groups in total. The molecule has 0 saturated carbocycles. The van der Waals surface area contributed by atoms with Gasteiger partial charge in [-0.15, -0.1) is 0 Å². The highest BCUT2D eigenvalue weighted by Crippen LogP contribution is 2.13. The number of ketones is 1. The maximum Gasteiger partial charge on any atom is 0.168 e. The molecule has 0 aliphatic carbocycles. The molecule has 0 spiro atoms. The van der Waals surface area contributed by atoms with Gasteiger partial charge in [0.25, 0.3) is 0 Å². The van der Waals surface area contributed by atoms with Crippen molar-refractivity contribution in [3.63, 3.8) is 0 Å². The summed E-state index contributed by atoms with van der Waals surface area (Å²) in [6.07, 6.45) is 2.09. The van der Waals surface area contributed by atoms with Crippen molar-refractivity contribution in [1.29, 1.82) is 0 Å². The van der Waals surface area contributed by atoms with Crippen molar-refractivity contribution in [3.05, 3.63) is 17.5 Å². The molecule has 0 aliphatic rings. The molecule has 1 heterocycles. The molecule has 0 atom stereocenters. The number of aromatic nitrogens is 2. The second-order valence-electron chi connectivity index (χ2n) is 4.39. The highest BCUT2D eigenvalue weighted by molar-refractivity contribution is 5.97. The molecule has 4 heteroatoms. The topological polar surface area (TPSA) is 60.9 Å². The van der Waals surface area contributed by atoms with E-state index in [0.717, 1.165) is 5.69 Å². The van der Waals surface area contributed by atoms with Crippen molar-refractivity contribution in [3.8, 4) is 0 Å². The van der Waals surface area contributed by atoms with E-state index in [1.54, 1.807) is 17.9 Å². The maximum atomic E-state index is 11.8. The molecule has 14 heavy (non-hydrogen) atoms. The minimum Gasteiger partial charge on any atom is -0.325 e. The van der Waals surface area contributed by atoms with Gasteiger partial charge < -0.3 is 5.73 Å². The van der Waals surface area contributed by atoms with Gasteiger partial charge in [0.05, 0.1) is 11.3 Å². The van der Waals surface area contributed by atoms with Gasteiger partial charge in [-0.3, -0.25) is 9.48 Å². The average Bonchev–Trinajstić information content (AvgIpc) is 2.26. The predicted octanol–water partition coefficient (Wildman–Crippen LogP) is 1.04. The Morgan fingerprint density at radius 2 is 2.21 bits per heavy atom. The van der Waals surface area contributed by atoms with E-state index in [-0.39, 0.29) is 5.78 Å². The molecule has 1 aromatic heterocycles. The summed E-state index contributed by atoms with van der Waals surface area (Å²) in [5.41, 5.74) is 6.76. The number of rotatable bonds is 3. The molecular formula is C10H17N3O. The second kappa shape index (κ2) is 3.53. The van der Waals surface area contributed by atoms with Crippen LogP contribution in [0.4, 0.5) is 0 Å². The fourth-order valence-corrected chi connectivity index (χ4v) is 1.38. The lowest BCUT2D eigenvalue weighted by Gasteiger charge is -2.16. The average molecular weight is 195 g/mol. The molecule has 1 rings (SSSR count). The maximum absolute atomic E-state index is 11.8. The van der Waals surface area contributed by atoms with E-state index >= 15 is 0 Å². The van der Waals surface area contributed by atoms with E-state index in [9.17, 15) is 4.79 Å². The molecule has 1 aromatic rings. The minimum atomic E-state index is -0.459. The van der Waals surface area contributed by atoms with Gasteiger partial charge in [0.15, 0.2) is 5.78 Å². The molecule has 0 saturated heterocycles. The number of carbonyl (C=O) groups excluding carboxylic acids is 1. The van der Waals surface area contributed by atoms with Gasteiger partial charge in [0.1, 0.15) is 0 Å². The number of carbonyl (C=O) groups is 1. The van der Waals surface area contributed by atoms with E-state index < -0.39 is 5.54 Å². The second-order valence-corrected chi connectivity index (χ2v) is 4.39. The SMILES string of the molecule is Cc1nn(C)cc1C(=O)CC(C)(C)N. The zero-order chi connectivity index (χ0) is 10.9. The third kappa shape index (κ3) is 2.67. The van der Waals surface area contributed by atoms with Crippen LogP contribution < -0.4 is 5.73 Å². The number of hydrogen-bond acceptors (Lipinski definition) is 3. The number of aryl methyl sites for hydroxylation is 2. The molecular weight excluding hydrogens is 178 g/mol. The number of nitrogens with two attached hydrogens (primary N) is 1. The molecule has 0 bridgehead atoms. The van der Waals surface area contributed by atoms with Gasteiger partial charge in [-0.05, 0) is 20.8 Å². The van der Waals surface area contributed by atoms with Crippen molar-refractivity contribution in [1.82, 2.24) is 9.78 Å². The lowest BCUT2D eigenvalue weighted by Crippen LogP contribution is -2.34. The summed E-state index contributed by atoms with van der Waals surface area (Å²) < 4.78 is 1.64. The summed E-state index contributed by atoms with van der Waals surface area (Å²) in [6, 6.07) is 0. The van der Waals surface area contributed by atoms with Gasteiger partial charge in [-0.2, -0.15) is 5.10 Å². The number of hydrogen-bond donors (Lipinski definition) is 1. The number of Topliss-reactive ketones (excluding diaryl/α,β-unsaturated/α-hetero) is 1. The van der Waals surface area contributed by atoms with Crippen molar-refractivity contribution < 1.29 is 4.79 Å². The third-order valence-corrected chi connectivity index (χ3v) is 1.93. The molecule has 4 nitrogen and oxygen atoms in total. The lowest BCUT2D eigenvalue weighted by molar-refractivity contribution is 0.0959. The van der Waals surface area contributed by atoms with Crippen LogP contribution in [0, 0.1) is 6.92 Å². The van der Waals surface area contributed by atoms with Crippen molar-refractivity contribution >= 4 is 5.78 Å². The third-order valence-electron chi connectivity index (χ3n) is 1.93. The first kappa shape index (κ1) is 10.9. The summed E-state index contributed by atoms with van der Waals surface area (Å²) >= 11 is 0. The van der Waals surface area contributed by atoms with Crippen molar-refractivity contribution in [2.24, 2.45) is 12.8 Å². The Hall–Kier alpha value is -1.16. The first-order chi connectivity index (χ1) is 6.29. The van der Waals surface area contributed by atoms with Crippen LogP contribution in [0.5, 0.6) is 0 Å². The highest BCUT2D eigenvalue weighted by Gasteiger charge is 2.20. The van der Waals surface area contributed by atoms with E-state index in [1.165, 1.54) is 0 Å². The Morgan fingerprint density at radius 3 is 2.57 bits per heavy atom. The Kier molecular flexibility index (Phi) is 2.76. The summed E-state index contributed by atoms with van der Waals surface area (Å²) in [6.45, 7) is 5.52. The summed E-state index contributed by atoms with van der Waals surface area (Å²) in [5, 5.41) is 4.12. The van der Waals surface area contributed by atoms with Gasteiger partial charge in [0.2, 0.25) is 0 Å². The van der Waals surface area contributed by atoms with Crippen LogP contribution in [0.15, 0.2) is 6.20 Å². The summed E-state index contributed by atoms with van der Waals surface area (Å²) in [4.78, 5) is 11.8. The molecule has 78 valence electrons. The van der Waals surface area contributed by atoms with E-state index in [1.807, 2.05) is 20.8 Å². The normalized spacial score (nSPS) is 11.8. The largest absolute Gasteiger partial charge is 0.325 e. The molecule has 0 aliphatic heterocycles. The van der Waals surface area contributed by atoms with Crippen LogP contribution in [0.25, 0.3) is 0 Å².